The van der Waals surface area contributed by atoms with Crippen LogP contribution in [0.25, 0.3) is 16.6 Å². The minimum Gasteiger partial charge on any atom is -0.489 e. The van der Waals surface area contributed by atoms with Gasteiger partial charge in [-0.15, -0.1) is 11.3 Å². The number of thiophene rings is 1. The molecule has 0 atom stereocenters. The summed E-state index contributed by atoms with van der Waals surface area (Å²) < 4.78 is 6.62. The van der Waals surface area contributed by atoms with E-state index in [2.05, 4.69) is 4.98 Å². The first-order valence-electron chi connectivity index (χ1n) is 8.83. The van der Waals surface area contributed by atoms with Crippen molar-refractivity contribution in [2.75, 3.05) is 0 Å². The van der Waals surface area contributed by atoms with Gasteiger partial charge in [0.15, 0.2) is 0 Å². The third kappa shape index (κ3) is 3.62. The molecule has 0 radical (unpaired) electrons. The molecular formula is C21H15ClN2O5S. The number of fused-ring (bicyclic) bond motifs is 1. The maximum absolute atomic E-state index is 13.0. The van der Waals surface area contributed by atoms with Crippen LogP contribution in [0, 0.1) is 6.92 Å². The van der Waals surface area contributed by atoms with E-state index in [4.69, 9.17) is 16.3 Å². The fourth-order valence-corrected chi connectivity index (χ4v) is 4.17. The number of ether oxygens (including phenoxy) is 1. The van der Waals surface area contributed by atoms with Gasteiger partial charge in [0.25, 0.3) is 5.56 Å². The zero-order valence-electron chi connectivity index (χ0n) is 15.6. The Labute approximate surface area is 178 Å². The van der Waals surface area contributed by atoms with Crippen LogP contribution in [0.3, 0.4) is 0 Å². The molecule has 0 fully saturated rings. The van der Waals surface area contributed by atoms with E-state index in [1.165, 1.54) is 17.5 Å². The lowest BCUT2D eigenvalue weighted by molar-refractivity contribution is 0.0704. The molecule has 7 nitrogen and oxygen atoms in total. The molecule has 0 saturated carbocycles. The minimum atomic E-state index is -1.24. The third-order valence-electron chi connectivity index (χ3n) is 4.49. The number of carboxylic acids is 1. The molecule has 0 amide bonds. The summed E-state index contributed by atoms with van der Waals surface area (Å²) in [5, 5.41) is 10.8. The quantitative estimate of drug-likeness (QED) is 0.486. The second kappa shape index (κ2) is 7.81. The maximum Gasteiger partial charge on any atom is 0.346 e. The predicted octanol–water partition coefficient (Wildman–Crippen LogP) is 3.98. The molecule has 0 aliphatic heterocycles. The van der Waals surface area contributed by atoms with Gasteiger partial charge < -0.3 is 14.8 Å². The second-order valence-corrected chi connectivity index (χ2v) is 7.91. The summed E-state index contributed by atoms with van der Waals surface area (Å²) in [5.74, 6) is -0.835. The molecule has 9 heteroatoms. The Balaban J connectivity index is 1.79. The van der Waals surface area contributed by atoms with Gasteiger partial charge in [0.05, 0.1) is 21.6 Å². The Morgan fingerprint density at radius 3 is 2.77 bits per heavy atom. The first-order valence-corrected chi connectivity index (χ1v) is 10.1. The van der Waals surface area contributed by atoms with Crippen molar-refractivity contribution in [3.8, 4) is 11.4 Å². The van der Waals surface area contributed by atoms with Gasteiger partial charge in [0.2, 0.25) is 0 Å². The number of rotatable bonds is 5. The number of benzene rings is 2. The lowest BCUT2D eigenvalue weighted by atomic mass is 10.1. The highest BCUT2D eigenvalue weighted by Crippen LogP contribution is 2.26. The Morgan fingerprint density at radius 2 is 2.03 bits per heavy atom. The Hall–Kier alpha value is -3.36. The number of nitrogens with zero attached hydrogens (tertiary/aromatic N) is 1. The number of hydrogen-bond acceptors (Lipinski definition) is 5. The second-order valence-electron chi connectivity index (χ2n) is 6.62. The molecule has 2 heterocycles. The zero-order chi connectivity index (χ0) is 21.4. The highest BCUT2D eigenvalue weighted by molar-refractivity contribution is 7.13. The lowest BCUT2D eigenvalue weighted by Crippen LogP contribution is -2.34. The fraction of sp³-hybridized carbons (Fsp3) is 0.0952. The average Bonchev–Trinajstić information content (AvgIpc) is 3.12. The Bertz CT molecular complexity index is 1400. The van der Waals surface area contributed by atoms with Gasteiger partial charge in [-0.3, -0.25) is 4.79 Å². The number of halogens is 1. The molecule has 4 rings (SSSR count). The number of aromatic amines is 1. The van der Waals surface area contributed by atoms with Crippen molar-refractivity contribution in [3.05, 3.63) is 89.7 Å². The highest BCUT2D eigenvalue weighted by Gasteiger charge is 2.20. The van der Waals surface area contributed by atoms with Gasteiger partial charge in [0.1, 0.15) is 17.2 Å². The van der Waals surface area contributed by atoms with Crippen LogP contribution in [0.5, 0.6) is 5.75 Å². The largest absolute Gasteiger partial charge is 0.489 e. The third-order valence-corrected chi connectivity index (χ3v) is 5.78. The topological polar surface area (TPSA) is 101 Å². The van der Waals surface area contributed by atoms with E-state index in [-0.39, 0.29) is 26.5 Å². The summed E-state index contributed by atoms with van der Waals surface area (Å²) in [5.41, 5.74) is 0.863. The molecule has 0 aliphatic carbocycles. The van der Waals surface area contributed by atoms with Crippen LogP contribution in [0.4, 0.5) is 0 Å². The van der Waals surface area contributed by atoms with Crippen LogP contribution in [0.2, 0.25) is 5.02 Å². The van der Waals surface area contributed by atoms with Crippen molar-refractivity contribution in [3.63, 3.8) is 0 Å². The van der Waals surface area contributed by atoms with Crippen molar-refractivity contribution in [2.24, 2.45) is 0 Å². The van der Waals surface area contributed by atoms with Crippen molar-refractivity contribution in [2.45, 2.75) is 13.5 Å². The molecule has 2 aromatic carbocycles. The summed E-state index contributed by atoms with van der Waals surface area (Å²) in [6.07, 6.45) is 0. The molecule has 0 unspecified atom stereocenters. The smallest absolute Gasteiger partial charge is 0.346 e. The van der Waals surface area contributed by atoms with Crippen molar-refractivity contribution < 1.29 is 14.6 Å². The predicted molar refractivity (Wildman–Crippen MR) is 116 cm³/mol. The van der Waals surface area contributed by atoms with Crippen LogP contribution in [0.15, 0.2) is 57.4 Å². The first kappa shape index (κ1) is 19.9. The summed E-state index contributed by atoms with van der Waals surface area (Å²) >= 11 is 7.13. The lowest BCUT2D eigenvalue weighted by Gasteiger charge is -2.11. The number of nitrogens with one attached hydrogen (secondary N) is 1. The van der Waals surface area contributed by atoms with Gasteiger partial charge in [0, 0.05) is 11.4 Å². The molecule has 0 spiro atoms. The van der Waals surface area contributed by atoms with E-state index >= 15 is 0 Å². The van der Waals surface area contributed by atoms with E-state index in [0.29, 0.717) is 12.4 Å². The molecule has 0 bridgehead atoms. The van der Waals surface area contributed by atoms with Gasteiger partial charge >= 0.3 is 11.7 Å². The van der Waals surface area contributed by atoms with Crippen LogP contribution >= 0.6 is 22.9 Å². The number of carbonyl (C=O) groups is 1. The standard InChI is InChI=1S/C21H15ClN2O5S/c1-11-3-2-4-12(7-11)9-29-13-5-6-14(22)16(8-13)24-19(25)17-15(23-21(24)28)10-30-18(17)20(26)27/h2-8,10H,9H2,1H3,(H,23,28)(H,26,27). The number of aryl methyl sites for hydroxylation is 1. The van der Waals surface area contributed by atoms with E-state index < -0.39 is 17.2 Å². The Morgan fingerprint density at radius 1 is 1.23 bits per heavy atom. The first-order chi connectivity index (χ1) is 14.3. The molecule has 152 valence electrons. The molecule has 2 N–H and O–H groups in total. The number of aromatic nitrogens is 2. The maximum atomic E-state index is 13.0. The van der Waals surface area contributed by atoms with Gasteiger partial charge in [-0.2, -0.15) is 0 Å². The monoisotopic (exact) mass is 442 g/mol. The molecule has 4 aromatic rings. The van der Waals surface area contributed by atoms with Gasteiger partial charge in [-0.05, 0) is 24.6 Å². The zero-order valence-corrected chi connectivity index (χ0v) is 17.2. The summed E-state index contributed by atoms with van der Waals surface area (Å²) in [6, 6.07) is 12.5. The van der Waals surface area contributed by atoms with Gasteiger partial charge in [-0.25, -0.2) is 14.2 Å². The average molecular weight is 443 g/mol. The minimum absolute atomic E-state index is 0.0748. The molecule has 30 heavy (non-hydrogen) atoms. The normalized spacial score (nSPS) is 11.0. The SMILES string of the molecule is Cc1cccc(COc2ccc(Cl)c(-n3c(=O)[nH]c4csc(C(=O)O)c4c3=O)c2)c1. The summed E-state index contributed by atoms with van der Waals surface area (Å²) in [7, 11) is 0. The fourth-order valence-electron chi connectivity index (χ4n) is 3.14. The Kier molecular flexibility index (Phi) is 5.19. The summed E-state index contributed by atoms with van der Waals surface area (Å²) in [6.45, 7) is 2.27. The number of aromatic carboxylic acids is 1. The number of hydrogen-bond donors (Lipinski definition) is 2. The molecular weight excluding hydrogens is 428 g/mol. The molecule has 2 aromatic heterocycles. The van der Waals surface area contributed by atoms with Crippen LogP contribution in [-0.4, -0.2) is 20.6 Å². The van der Waals surface area contributed by atoms with Crippen molar-refractivity contribution >= 4 is 39.8 Å². The van der Waals surface area contributed by atoms with Crippen molar-refractivity contribution in [1.82, 2.24) is 9.55 Å². The highest BCUT2D eigenvalue weighted by atomic mass is 35.5. The van der Waals surface area contributed by atoms with Gasteiger partial charge in [-0.1, -0.05) is 41.4 Å². The van der Waals surface area contributed by atoms with Crippen molar-refractivity contribution in [1.29, 1.82) is 0 Å². The van der Waals surface area contributed by atoms with Crippen LogP contribution in [-0.2, 0) is 6.61 Å². The number of carboxylic acid groups (broad SMARTS) is 1. The van der Waals surface area contributed by atoms with E-state index in [1.807, 2.05) is 31.2 Å². The van der Waals surface area contributed by atoms with E-state index in [0.717, 1.165) is 27.0 Å². The molecule has 0 aliphatic rings. The van der Waals surface area contributed by atoms with Crippen LogP contribution < -0.4 is 16.0 Å². The van der Waals surface area contributed by atoms with E-state index in [9.17, 15) is 19.5 Å². The number of H-pyrrole nitrogens is 1. The summed E-state index contributed by atoms with van der Waals surface area (Å²) in [4.78, 5) is 39.4. The molecule has 0 saturated heterocycles. The van der Waals surface area contributed by atoms with E-state index in [1.54, 1.807) is 6.07 Å². The van der Waals surface area contributed by atoms with Crippen LogP contribution in [0.1, 0.15) is 20.8 Å².